The third-order valence-electron chi connectivity index (χ3n) is 3.83. The Morgan fingerprint density at radius 2 is 1.48 bits per heavy atom. The van der Waals surface area contributed by atoms with E-state index in [1.165, 1.54) is 5.56 Å². The minimum atomic E-state index is 0.784. The minimum absolute atomic E-state index is 0.784. The van der Waals surface area contributed by atoms with Crippen LogP contribution < -0.4 is 0 Å². The van der Waals surface area contributed by atoms with Crippen molar-refractivity contribution in [2.45, 2.75) is 39.2 Å². The molecule has 2 aromatic rings. The van der Waals surface area contributed by atoms with Gasteiger partial charge >= 0.3 is 0 Å². The van der Waals surface area contributed by atoms with Gasteiger partial charge in [0.05, 0.1) is 6.54 Å². The molecule has 0 radical (unpaired) electrons. The first-order valence-electron chi connectivity index (χ1n) is 9.14. The number of hydrogen-bond acceptors (Lipinski definition) is 1. The van der Waals surface area contributed by atoms with Gasteiger partial charge in [-0.2, -0.15) is 0 Å². The van der Waals surface area contributed by atoms with Crippen molar-refractivity contribution in [3.63, 3.8) is 0 Å². The standard InChI is InChI=1S/C24H27N/c1-2-3-4-5-6-13-20-25(22-24-17-11-8-12-18-24)21-14-19-23-15-9-7-10-16-23/h7-12,15-18H,2-3,6,13,20-22H2,1H3. The molecular formula is C24H27N. The van der Waals surface area contributed by atoms with Crippen LogP contribution in [0.5, 0.6) is 0 Å². The van der Waals surface area contributed by atoms with Crippen molar-refractivity contribution >= 4 is 0 Å². The highest BCUT2D eigenvalue weighted by Gasteiger charge is 2.04. The fourth-order valence-corrected chi connectivity index (χ4v) is 2.52. The molecule has 2 aromatic carbocycles. The molecule has 0 N–H and O–H groups in total. The van der Waals surface area contributed by atoms with Crippen LogP contribution in [-0.4, -0.2) is 18.0 Å². The van der Waals surface area contributed by atoms with E-state index in [9.17, 15) is 0 Å². The predicted molar refractivity (Wildman–Crippen MR) is 107 cm³/mol. The molecule has 0 aliphatic rings. The van der Waals surface area contributed by atoms with Crippen LogP contribution in [0.4, 0.5) is 0 Å². The van der Waals surface area contributed by atoms with Crippen molar-refractivity contribution in [1.82, 2.24) is 4.90 Å². The van der Waals surface area contributed by atoms with E-state index in [0.29, 0.717) is 0 Å². The first-order chi connectivity index (χ1) is 12.4. The van der Waals surface area contributed by atoms with Gasteiger partial charge in [-0.1, -0.05) is 67.3 Å². The summed E-state index contributed by atoms with van der Waals surface area (Å²) in [7, 11) is 0. The minimum Gasteiger partial charge on any atom is -0.288 e. The lowest BCUT2D eigenvalue weighted by atomic mass is 10.2. The second-order valence-corrected chi connectivity index (χ2v) is 6.07. The smallest absolute Gasteiger partial charge is 0.0608 e. The Morgan fingerprint density at radius 3 is 2.20 bits per heavy atom. The summed E-state index contributed by atoms with van der Waals surface area (Å²) in [6.45, 7) is 4.92. The summed E-state index contributed by atoms with van der Waals surface area (Å²) in [5, 5.41) is 0. The van der Waals surface area contributed by atoms with Crippen molar-refractivity contribution < 1.29 is 0 Å². The third kappa shape index (κ3) is 8.25. The second kappa shape index (κ2) is 12.0. The maximum absolute atomic E-state index is 3.32. The summed E-state index contributed by atoms with van der Waals surface area (Å²) in [4.78, 5) is 2.41. The molecule has 0 aliphatic heterocycles. The van der Waals surface area contributed by atoms with Gasteiger partial charge in [0.1, 0.15) is 0 Å². The zero-order valence-corrected chi connectivity index (χ0v) is 15.2. The van der Waals surface area contributed by atoms with Crippen LogP contribution in [0, 0.1) is 23.7 Å². The fourth-order valence-electron chi connectivity index (χ4n) is 2.52. The van der Waals surface area contributed by atoms with Gasteiger partial charge in [-0.15, -0.1) is 11.8 Å². The van der Waals surface area contributed by atoms with E-state index >= 15 is 0 Å². The van der Waals surface area contributed by atoms with Gasteiger partial charge in [-0.05, 0) is 30.5 Å². The molecule has 0 unspecified atom stereocenters. The normalized spacial score (nSPS) is 9.84. The number of benzene rings is 2. The summed E-state index contributed by atoms with van der Waals surface area (Å²) in [6, 6.07) is 20.8. The number of nitrogens with zero attached hydrogens (tertiary/aromatic N) is 1. The Balaban J connectivity index is 1.90. The van der Waals surface area contributed by atoms with Crippen LogP contribution in [0.3, 0.4) is 0 Å². The van der Waals surface area contributed by atoms with Crippen LogP contribution in [0.25, 0.3) is 0 Å². The van der Waals surface area contributed by atoms with Crippen molar-refractivity contribution in [2.24, 2.45) is 0 Å². The molecule has 0 saturated carbocycles. The lowest BCUT2D eigenvalue weighted by Crippen LogP contribution is -2.24. The van der Waals surface area contributed by atoms with E-state index in [2.05, 4.69) is 78.0 Å². The van der Waals surface area contributed by atoms with Gasteiger partial charge < -0.3 is 0 Å². The number of rotatable bonds is 7. The summed E-state index contributed by atoms with van der Waals surface area (Å²) < 4.78 is 0. The third-order valence-corrected chi connectivity index (χ3v) is 3.83. The Labute approximate surface area is 153 Å². The molecule has 0 atom stereocenters. The summed E-state index contributed by atoms with van der Waals surface area (Å²) in [6.07, 6.45) is 4.21. The van der Waals surface area contributed by atoms with E-state index in [0.717, 1.165) is 50.9 Å². The quantitative estimate of drug-likeness (QED) is 0.503. The molecule has 1 heteroatoms. The highest BCUT2D eigenvalue weighted by atomic mass is 15.1. The molecule has 0 fully saturated rings. The largest absolute Gasteiger partial charge is 0.288 e. The average molecular weight is 329 g/mol. The van der Waals surface area contributed by atoms with E-state index in [1.54, 1.807) is 0 Å². The van der Waals surface area contributed by atoms with Gasteiger partial charge in [0.2, 0.25) is 0 Å². The summed E-state index contributed by atoms with van der Waals surface area (Å²) >= 11 is 0. The molecule has 0 bridgehead atoms. The van der Waals surface area contributed by atoms with Gasteiger partial charge in [0.15, 0.2) is 0 Å². The first-order valence-corrected chi connectivity index (χ1v) is 9.14. The summed E-state index contributed by atoms with van der Waals surface area (Å²) in [5.74, 6) is 13.1. The molecule has 0 aromatic heterocycles. The van der Waals surface area contributed by atoms with Crippen LogP contribution in [0.2, 0.25) is 0 Å². The van der Waals surface area contributed by atoms with Crippen LogP contribution in [0.1, 0.15) is 43.7 Å². The van der Waals surface area contributed by atoms with Gasteiger partial charge in [-0.25, -0.2) is 0 Å². The lowest BCUT2D eigenvalue weighted by Gasteiger charge is -2.19. The van der Waals surface area contributed by atoms with Crippen LogP contribution in [-0.2, 0) is 6.54 Å². The van der Waals surface area contributed by atoms with E-state index in [-0.39, 0.29) is 0 Å². The number of unbranched alkanes of at least 4 members (excludes halogenated alkanes) is 2. The molecule has 1 nitrogen and oxygen atoms in total. The fraction of sp³-hybridized carbons (Fsp3) is 0.333. The molecule has 0 amide bonds. The van der Waals surface area contributed by atoms with Gasteiger partial charge in [0, 0.05) is 31.5 Å². The maximum atomic E-state index is 3.32. The molecule has 0 heterocycles. The Morgan fingerprint density at radius 1 is 0.800 bits per heavy atom. The SMILES string of the molecule is CCCC#CCCCN(CC#Cc1ccccc1)Cc1ccccc1. The van der Waals surface area contributed by atoms with Gasteiger partial charge in [-0.3, -0.25) is 4.90 Å². The highest BCUT2D eigenvalue weighted by molar-refractivity contribution is 5.33. The van der Waals surface area contributed by atoms with E-state index in [1.807, 2.05) is 18.2 Å². The topological polar surface area (TPSA) is 3.24 Å². The monoisotopic (exact) mass is 329 g/mol. The van der Waals surface area contributed by atoms with Crippen molar-refractivity contribution in [3.05, 3.63) is 71.8 Å². The van der Waals surface area contributed by atoms with Crippen molar-refractivity contribution in [3.8, 4) is 23.7 Å². The highest BCUT2D eigenvalue weighted by Crippen LogP contribution is 2.06. The Kier molecular flexibility index (Phi) is 9.02. The number of hydrogen-bond donors (Lipinski definition) is 0. The average Bonchev–Trinajstić information content (AvgIpc) is 2.66. The molecule has 0 saturated heterocycles. The van der Waals surface area contributed by atoms with Crippen molar-refractivity contribution in [1.29, 1.82) is 0 Å². The summed E-state index contributed by atoms with van der Waals surface area (Å²) in [5.41, 5.74) is 2.41. The van der Waals surface area contributed by atoms with E-state index < -0.39 is 0 Å². The lowest BCUT2D eigenvalue weighted by molar-refractivity contribution is 0.296. The Hall–Kier alpha value is -2.48. The molecule has 25 heavy (non-hydrogen) atoms. The zero-order chi connectivity index (χ0) is 17.6. The van der Waals surface area contributed by atoms with Crippen molar-refractivity contribution in [2.75, 3.05) is 13.1 Å². The molecule has 0 spiro atoms. The molecule has 128 valence electrons. The van der Waals surface area contributed by atoms with Crippen LogP contribution >= 0.6 is 0 Å². The molecule has 0 aliphatic carbocycles. The first kappa shape index (κ1) is 18.9. The van der Waals surface area contributed by atoms with E-state index in [4.69, 9.17) is 0 Å². The molecular weight excluding hydrogens is 302 g/mol. The maximum Gasteiger partial charge on any atom is 0.0608 e. The Bertz CT molecular complexity index is 711. The van der Waals surface area contributed by atoms with Gasteiger partial charge in [0.25, 0.3) is 0 Å². The zero-order valence-electron chi connectivity index (χ0n) is 15.2. The predicted octanol–water partition coefficient (Wildman–Crippen LogP) is 5.12. The van der Waals surface area contributed by atoms with Crippen LogP contribution in [0.15, 0.2) is 60.7 Å². The molecule has 2 rings (SSSR count). The second-order valence-electron chi connectivity index (χ2n) is 6.07.